The Morgan fingerprint density at radius 1 is 0.914 bits per heavy atom. The molecule has 1 saturated heterocycles. The maximum absolute atomic E-state index is 12.9. The van der Waals surface area contributed by atoms with E-state index < -0.39 is 56.9 Å². The average molecular weight is 543 g/mol. The van der Waals surface area contributed by atoms with Crippen molar-refractivity contribution < 1.29 is 52.7 Å². The number of nitrogens with one attached hydrogen (secondary N) is 2. The first-order chi connectivity index (χ1) is 15.9. The molecule has 1 aromatic rings. The normalized spacial score (nSPS) is 16.9. The summed E-state index contributed by atoms with van der Waals surface area (Å²) in [5.41, 5.74) is -3.98. The number of sulfonamides is 1. The zero-order chi connectivity index (χ0) is 26.7. The van der Waals surface area contributed by atoms with Crippen molar-refractivity contribution in [3.63, 3.8) is 0 Å². The third-order valence-corrected chi connectivity index (χ3v) is 6.56. The number of carbonyl (C=O) groups is 1. The van der Waals surface area contributed by atoms with Crippen molar-refractivity contribution in [2.45, 2.75) is 31.4 Å². The largest absolute Gasteiger partial charge is 0.416 e. The lowest BCUT2D eigenvalue weighted by molar-refractivity contribution is -0.143. The van der Waals surface area contributed by atoms with Crippen LogP contribution >= 0.6 is 0 Å². The topological polar surface area (TPSA) is 78.5 Å². The Kier molecular flexibility index (Phi) is 9.08. The Morgan fingerprint density at radius 3 is 1.89 bits per heavy atom. The summed E-state index contributed by atoms with van der Waals surface area (Å²) in [5.74, 6) is -3.23. The number of hydrogen-bond acceptors (Lipinski definition) is 4. The zero-order valence-corrected chi connectivity index (χ0v) is 18.8. The van der Waals surface area contributed by atoms with Crippen LogP contribution in [0.4, 0.5) is 39.5 Å². The number of piperidine rings is 1. The van der Waals surface area contributed by atoms with Crippen LogP contribution in [0.25, 0.3) is 0 Å². The molecule has 1 amide bonds. The molecule has 1 aliphatic heterocycles. The van der Waals surface area contributed by atoms with E-state index in [9.17, 15) is 52.7 Å². The van der Waals surface area contributed by atoms with Crippen LogP contribution in [0.5, 0.6) is 0 Å². The Balaban J connectivity index is 1.85. The third kappa shape index (κ3) is 9.83. The molecule has 0 radical (unpaired) electrons. The number of benzene rings is 1. The molecular formula is C19H22F9N3O3S. The quantitative estimate of drug-likeness (QED) is 0.491. The second kappa shape index (κ2) is 10.9. The average Bonchev–Trinajstić information content (AvgIpc) is 2.69. The highest BCUT2D eigenvalue weighted by Gasteiger charge is 2.38. The first kappa shape index (κ1) is 29.2. The second-order valence-corrected chi connectivity index (χ2v) is 9.87. The molecule has 2 rings (SSSR count). The van der Waals surface area contributed by atoms with E-state index in [4.69, 9.17) is 0 Å². The van der Waals surface area contributed by atoms with Gasteiger partial charge < -0.3 is 10.2 Å². The predicted molar refractivity (Wildman–Crippen MR) is 106 cm³/mol. The van der Waals surface area contributed by atoms with E-state index in [0.29, 0.717) is 38.1 Å². The Bertz CT molecular complexity index is 952. The summed E-state index contributed by atoms with van der Waals surface area (Å²) in [6, 6.07) is 0.607. The van der Waals surface area contributed by atoms with Crippen LogP contribution < -0.4 is 10.0 Å². The van der Waals surface area contributed by atoms with Gasteiger partial charge in [-0.3, -0.25) is 4.79 Å². The van der Waals surface area contributed by atoms with E-state index in [-0.39, 0.29) is 31.6 Å². The maximum atomic E-state index is 12.9. The van der Waals surface area contributed by atoms with Gasteiger partial charge in [0.05, 0.1) is 11.1 Å². The minimum atomic E-state index is -5.08. The van der Waals surface area contributed by atoms with Crippen LogP contribution in [0, 0.1) is 5.92 Å². The number of halogens is 9. The van der Waals surface area contributed by atoms with E-state index in [0.717, 1.165) is 0 Å². The molecule has 35 heavy (non-hydrogen) atoms. The van der Waals surface area contributed by atoms with Crippen molar-refractivity contribution in [1.82, 2.24) is 14.9 Å². The van der Waals surface area contributed by atoms with Crippen molar-refractivity contribution in [3.8, 4) is 0 Å². The summed E-state index contributed by atoms with van der Waals surface area (Å²) in [5, 5.41) is 2.34. The molecule has 2 N–H and O–H groups in total. The SMILES string of the molecule is O=C(NCC1CCN(CCNS(=O)(=O)CC(F)(F)F)CC1)c1cc(C(F)(F)F)cc(C(F)(F)F)c1. The van der Waals surface area contributed by atoms with Gasteiger partial charge in [-0.25, -0.2) is 13.1 Å². The summed E-state index contributed by atoms with van der Waals surface area (Å²) in [6.07, 6.45) is -14.1. The molecule has 0 aromatic heterocycles. The number of alkyl halides is 9. The first-order valence-electron chi connectivity index (χ1n) is 10.2. The summed E-state index contributed by atoms with van der Waals surface area (Å²) in [7, 11) is -4.51. The van der Waals surface area contributed by atoms with Crippen LogP contribution in [0.15, 0.2) is 18.2 Å². The Morgan fingerprint density at radius 2 is 1.43 bits per heavy atom. The van der Waals surface area contributed by atoms with Gasteiger partial charge in [0.15, 0.2) is 5.75 Å². The van der Waals surface area contributed by atoms with E-state index in [1.165, 1.54) is 0 Å². The monoisotopic (exact) mass is 543 g/mol. The van der Waals surface area contributed by atoms with E-state index in [1.807, 2.05) is 4.72 Å². The zero-order valence-electron chi connectivity index (χ0n) is 17.9. The molecular weight excluding hydrogens is 521 g/mol. The molecule has 0 spiro atoms. The Hall–Kier alpha value is -2.07. The van der Waals surface area contributed by atoms with Gasteiger partial charge in [0.1, 0.15) is 0 Å². The number of hydrogen-bond donors (Lipinski definition) is 2. The highest BCUT2D eigenvalue weighted by Crippen LogP contribution is 2.36. The van der Waals surface area contributed by atoms with E-state index in [1.54, 1.807) is 4.90 Å². The van der Waals surface area contributed by atoms with Gasteiger partial charge >= 0.3 is 18.5 Å². The number of amides is 1. The molecule has 200 valence electrons. The fourth-order valence-electron chi connectivity index (χ4n) is 3.47. The molecule has 6 nitrogen and oxygen atoms in total. The molecule has 0 saturated carbocycles. The van der Waals surface area contributed by atoms with Gasteiger partial charge in [0.25, 0.3) is 5.91 Å². The summed E-state index contributed by atoms with van der Waals surface area (Å²) in [4.78, 5) is 14.0. The molecule has 0 atom stereocenters. The van der Waals surface area contributed by atoms with Crippen LogP contribution in [0.3, 0.4) is 0 Å². The standard InChI is InChI=1S/C19H22F9N3O3S/c20-17(21,22)11-35(33,34)30-3-6-31-4-1-12(2-5-31)10-29-16(32)13-7-14(18(23,24)25)9-15(8-13)19(26,27)28/h7-9,12,30H,1-6,10-11H2,(H,29,32). The fourth-order valence-corrected chi connectivity index (χ4v) is 4.40. The molecule has 0 unspecified atom stereocenters. The third-order valence-electron chi connectivity index (χ3n) is 5.21. The van der Waals surface area contributed by atoms with Gasteiger partial charge in [-0.05, 0) is 50.0 Å². The lowest BCUT2D eigenvalue weighted by Gasteiger charge is -2.32. The number of carbonyl (C=O) groups excluding carboxylic acids is 1. The predicted octanol–water partition coefficient (Wildman–Crippen LogP) is 3.65. The van der Waals surface area contributed by atoms with Crippen LogP contribution in [0.1, 0.15) is 34.3 Å². The minimum Gasteiger partial charge on any atom is -0.352 e. The molecule has 16 heteroatoms. The van der Waals surface area contributed by atoms with E-state index in [2.05, 4.69) is 5.32 Å². The number of rotatable bonds is 8. The molecule has 1 aromatic carbocycles. The summed E-state index contributed by atoms with van der Waals surface area (Å²) in [6.45, 7) is 0.701. The van der Waals surface area contributed by atoms with Gasteiger partial charge in [0.2, 0.25) is 10.0 Å². The lowest BCUT2D eigenvalue weighted by Crippen LogP contribution is -2.43. The van der Waals surface area contributed by atoms with E-state index >= 15 is 0 Å². The van der Waals surface area contributed by atoms with Gasteiger partial charge in [-0.2, -0.15) is 39.5 Å². The summed E-state index contributed by atoms with van der Waals surface area (Å²) < 4.78 is 139. The fraction of sp³-hybridized carbons (Fsp3) is 0.632. The lowest BCUT2D eigenvalue weighted by atomic mass is 9.96. The highest BCUT2D eigenvalue weighted by molar-refractivity contribution is 7.89. The van der Waals surface area contributed by atoms with Crippen LogP contribution in [-0.4, -0.2) is 63.9 Å². The van der Waals surface area contributed by atoms with Crippen molar-refractivity contribution in [1.29, 1.82) is 0 Å². The van der Waals surface area contributed by atoms with Crippen molar-refractivity contribution in [2.24, 2.45) is 5.92 Å². The Labute approximate surface area is 194 Å². The molecule has 1 heterocycles. The van der Waals surface area contributed by atoms with Crippen LogP contribution in [0.2, 0.25) is 0 Å². The van der Waals surface area contributed by atoms with Crippen LogP contribution in [-0.2, 0) is 22.4 Å². The van der Waals surface area contributed by atoms with Crippen molar-refractivity contribution in [2.75, 3.05) is 38.5 Å². The highest BCUT2D eigenvalue weighted by atomic mass is 32.2. The van der Waals surface area contributed by atoms with Crippen molar-refractivity contribution in [3.05, 3.63) is 34.9 Å². The number of nitrogens with zero attached hydrogens (tertiary/aromatic N) is 1. The molecule has 1 aliphatic rings. The van der Waals surface area contributed by atoms with Gasteiger partial charge in [-0.1, -0.05) is 0 Å². The van der Waals surface area contributed by atoms with Gasteiger partial charge in [-0.15, -0.1) is 0 Å². The number of likely N-dealkylation sites (tertiary alicyclic amines) is 1. The summed E-state index contributed by atoms with van der Waals surface area (Å²) >= 11 is 0. The molecule has 0 aliphatic carbocycles. The van der Waals surface area contributed by atoms with Gasteiger partial charge in [0, 0.05) is 25.2 Å². The maximum Gasteiger partial charge on any atom is 0.416 e. The second-order valence-electron chi connectivity index (χ2n) is 8.06. The van der Waals surface area contributed by atoms with Crippen molar-refractivity contribution >= 4 is 15.9 Å². The smallest absolute Gasteiger partial charge is 0.352 e. The first-order valence-corrected chi connectivity index (χ1v) is 11.8. The molecule has 0 bridgehead atoms. The minimum absolute atomic E-state index is 0.0114. The molecule has 1 fully saturated rings.